The van der Waals surface area contributed by atoms with E-state index >= 15 is 0 Å². The Bertz CT molecular complexity index is 357. The lowest BCUT2D eigenvalue weighted by Gasteiger charge is -2.32. The van der Waals surface area contributed by atoms with E-state index in [9.17, 15) is 0 Å². The monoisotopic (exact) mass is 221 g/mol. The zero-order chi connectivity index (χ0) is 11.0. The molecule has 1 aliphatic heterocycles. The van der Waals surface area contributed by atoms with E-state index in [-0.39, 0.29) is 0 Å². The molecule has 0 spiro atoms. The SMILES string of the molecule is CC(CNC1CC1)N1CCn2cnnc2C1. The number of hydrogen-bond acceptors (Lipinski definition) is 4. The van der Waals surface area contributed by atoms with Gasteiger partial charge in [-0.25, -0.2) is 0 Å². The average Bonchev–Trinajstić information content (AvgIpc) is 3.01. The topological polar surface area (TPSA) is 46.0 Å². The Morgan fingerprint density at radius 1 is 1.50 bits per heavy atom. The van der Waals surface area contributed by atoms with Crippen LogP contribution in [0.4, 0.5) is 0 Å². The van der Waals surface area contributed by atoms with Gasteiger partial charge in [0.25, 0.3) is 0 Å². The molecule has 1 unspecified atom stereocenters. The van der Waals surface area contributed by atoms with E-state index < -0.39 is 0 Å². The fourth-order valence-electron chi connectivity index (χ4n) is 2.22. The highest BCUT2D eigenvalue weighted by Gasteiger charge is 2.25. The summed E-state index contributed by atoms with van der Waals surface area (Å²) in [7, 11) is 0. The smallest absolute Gasteiger partial charge is 0.147 e. The van der Waals surface area contributed by atoms with Crippen molar-refractivity contribution in [2.45, 2.75) is 44.9 Å². The second kappa shape index (κ2) is 4.14. The lowest BCUT2D eigenvalue weighted by atomic mass is 10.2. The molecular weight excluding hydrogens is 202 g/mol. The van der Waals surface area contributed by atoms with E-state index in [1.165, 1.54) is 12.8 Å². The predicted octanol–water partition coefficient (Wildman–Crippen LogP) is 0.234. The van der Waals surface area contributed by atoms with Gasteiger partial charge in [-0.15, -0.1) is 10.2 Å². The number of fused-ring (bicyclic) bond motifs is 1. The highest BCUT2D eigenvalue weighted by Crippen LogP contribution is 2.19. The number of aromatic nitrogens is 3. The first-order valence-electron chi connectivity index (χ1n) is 6.17. The van der Waals surface area contributed by atoms with Gasteiger partial charge in [0, 0.05) is 31.7 Å². The van der Waals surface area contributed by atoms with Crippen molar-refractivity contribution in [3.8, 4) is 0 Å². The molecule has 5 heteroatoms. The summed E-state index contributed by atoms with van der Waals surface area (Å²) >= 11 is 0. The molecule has 2 aliphatic rings. The summed E-state index contributed by atoms with van der Waals surface area (Å²) in [5, 5.41) is 11.7. The van der Waals surface area contributed by atoms with Crippen LogP contribution in [0.3, 0.4) is 0 Å². The fourth-order valence-corrected chi connectivity index (χ4v) is 2.22. The van der Waals surface area contributed by atoms with Crippen LogP contribution in [0.5, 0.6) is 0 Å². The Labute approximate surface area is 95.8 Å². The molecule has 0 aromatic carbocycles. The highest BCUT2D eigenvalue weighted by molar-refractivity contribution is 4.92. The average molecular weight is 221 g/mol. The molecule has 1 saturated carbocycles. The molecule has 0 bridgehead atoms. The normalized spacial score (nSPS) is 23.1. The molecule has 1 aromatic heterocycles. The summed E-state index contributed by atoms with van der Waals surface area (Å²) in [6, 6.07) is 1.39. The van der Waals surface area contributed by atoms with Crippen molar-refractivity contribution in [3.05, 3.63) is 12.2 Å². The maximum Gasteiger partial charge on any atom is 0.147 e. The van der Waals surface area contributed by atoms with E-state index in [1.807, 2.05) is 6.33 Å². The van der Waals surface area contributed by atoms with Gasteiger partial charge in [0.15, 0.2) is 0 Å². The molecule has 5 nitrogen and oxygen atoms in total. The minimum absolute atomic E-state index is 0.589. The number of nitrogens with zero attached hydrogens (tertiary/aromatic N) is 4. The first kappa shape index (κ1) is 10.2. The van der Waals surface area contributed by atoms with E-state index in [4.69, 9.17) is 0 Å². The summed E-state index contributed by atoms with van der Waals surface area (Å²) in [4.78, 5) is 2.49. The second-order valence-corrected chi connectivity index (χ2v) is 4.94. The van der Waals surface area contributed by atoms with Crippen LogP contribution in [0.25, 0.3) is 0 Å². The van der Waals surface area contributed by atoms with Gasteiger partial charge in [-0.2, -0.15) is 0 Å². The summed E-state index contributed by atoms with van der Waals surface area (Å²) in [6.45, 7) is 6.46. The summed E-state index contributed by atoms with van der Waals surface area (Å²) in [6.07, 6.45) is 4.56. The van der Waals surface area contributed by atoms with Crippen LogP contribution in [-0.4, -0.2) is 44.8 Å². The van der Waals surface area contributed by atoms with Gasteiger partial charge < -0.3 is 9.88 Å². The first-order chi connectivity index (χ1) is 7.83. The van der Waals surface area contributed by atoms with Crippen molar-refractivity contribution in [2.24, 2.45) is 0 Å². The van der Waals surface area contributed by atoms with Gasteiger partial charge >= 0.3 is 0 Å². The van der Waals surface area contributed by atoms with E-state index in [0.29, 0.717) is 6.04 Å². The Morgan fingerprint density at radius 3 is 3.19 bits per heavy atom. The van der Waals surface area contributed by atoms with Gasteiger partial charge in [-0.1, -0.05) is 0 Å². The molecule has 1 fully saturated rings. The van der Waals surface area contributed by atoms with E-state index in [2.05, 4.69) is 31.9 Å². The molecule has 16 heavy (non-hydrogen) atoms. The Morgan fingerprint density at radius 2 is 2.38 bits per heavy atom. The van der Waals surface area contributed by atoms with Gasteiger partial charge in [0.2, 0.25) is 0 Å². The molecule has 1 N–H and O–H groups in total. The summed E-state index contributed by atoms with van der Waals surface area (Å²) in [5.41, 5.74) is 0. The third-order valence-electron chi connectivity index (χ3n) is 3.57. The lowest BCUT2D eigenvalue weighted by Crippen LogP contribution is -2.44. The van der Waals surface area contributed by atoms with Crippen molar-refractivity contribution in [1.29, 1.82) is 0 Å². The van der Waals surface area contributed by atoms with Gasteiger partial charge in [0.1, 0.15) is 12.2 Å². The zero-order valence-corrected chi connectivity index (χ0v) is 9.76. The van der Waals surface area contributed by atoms with Gasteiger partial charge in [-0.3, -0.25) is 4.90 Å². The lowest BCUT2D eigenvalue weighted by molar-refractivity contribution is 0.159. The van der Waals surface area contributed by atoms with E-state index in [1.54, 1.807) is 0 Å². The number of rotatable bonds is 4. The van der Waals surface area contributed by atoms with Crippen LogP contribution in [0.2, 0.25) is 0 Å². The minimum atomic E-state index is 0.589. The minimum Gasteiger partial charge on any atom is -0.315 e. The fraction of sp³-hybridized carbons (Fsp3) is 0.818. The van der Waals surface area contributed by atoms with Crippen LogP contribution >= 0.6 is 0 Å². The highest BCUT2D eigenvalue weighted by atomic mass is 15.3. The van der Waals surface area contributed by atoms with Crippen LogP contribution in [0, 0.1) is 0 Å². The van der Waals surface area contributed by atoms with Crippen molar-refractivity contribution < 1.29 is 0 Å². The third-order valence-corrected chi connectivity index (χ3v) is 3.57. The summed E-state index contributed by atoms with van der Waals surface area (Å²) < 4.78 is 2.15. The molecule has 0 radical (unpaired) electrons. The Hall–Kier alpha value is -0.940. The molecule has 3 rings (SSSR count). The molecule has 0 saturated heterocycles. The van der Waals surface area contributed by atoms with Crippen molar-refractivity contribution in [1.82, 2.24) is 25.0 Å². The molecule has 2 heterocycles. The van der Waals surface area contributed by atoms with Crippen LogP contribution in [0.15, 0.2) is 6.33 Å². The number of hydrogen-bond donors (Lipinski definition) is 1. The van der Waals surface area contributed by atoms with Crippen LogP contribution in [-0.2, 0) is 13.1 Å². The van der Waals surface area contributed by atoms with Crippen LogP contribution in [0.1, 0.15) is 25.6 Å². The number of nitrogens with one attached hydrogen (secondary N) is 1. The molecule has 0 amide bonds. The molecule has 1 atom stereocenters. The summed E-state index contributed by atoms with van der Waals surface area (Å²) in [5.74, 6) is 1.10. The Balaban J connectivity index is 1.55. The molecule has 88 valence electrons. The van der Waals surface area contributed by atoms with E-state index in [0.717, 1.165) is 38.0 Å². The van der Waals surface area contributed by atoms with Crippen molar-refractivity contribution in [3.63, 3.8) is 0 Å². The molecule has 1 aromatic rings. The van der Waals surface area contributed by atoms with Crippen molar-refractivity contribution in [2.75, 3.05) is 13.1 Å². The Kier molecular flexibility index (Phi) is 2.65. The van der Waals surface area contributed by atoms with Crippen LogP contribution < -0.4 is 5.32 Å². The maximum atomic E-state index is 4.15. The second-order valence-electron chi connectivity index (χ2n) is 4.94. The standard InChI is InChI=1S/C11H19N5/c1-9(6-12-10-2-3-10)15-4-5-16-8-13-14-11(16)7-15/h8-10,12H,2-7H2,1H3. The largest absolute Gasteiger partial charge is 0.315 e. The zero-order valence-electron chi connectivity index (χ0n) is 9.76. The van der Waals surface area contributed by atoms with Gasteiger partial charge in [-0.05, 0) is 19.8 Å². The quantitative estimate of drug-likeness (QED) is 0.791. The first-order valence-corrected chi connectivity index (χ1v) is 6.17. The van der Waals surface area contributed by atoms with Crippen molar-refractivity contribution >= 4 is 0 Å². The third kappa shape index (κ3) is 2.10. The molecular formula is C11H19N5. The predicted molar refractivity (Wildman–Crippen MR) is 60.9 cm³/mol. The molecule has 1 aliphatic carbocycles. The maximum absolute atomic E-state index is 4.15. The van der Waals surface area contributed by atoms with Gasteiger partial charge in [0.05, 0.1) is 6.54 Å².